The lowest BCUT2D eigenvalue weighted by Crippen LogP contribution is -2.32. The van der Waals surface area contributed by atoms with Gasteiger partial charge in [-0.05, 0) is 86.4 Å². The lowest BCUT2D eigenvalue weighted by molar-refractivity contribution is 0.0882. The largest absolute Gasteiger partial charge is 0.0617 e. The van der Waals surface area contributed by atoms with Crippen LogP contribution in [0.25, 0.3) is 0 Å². The Labute approximate surface area is 100 Å². The molecule has 0 radical (unpaired) electrons. The minimum absolute atomic E-state index is 0.833. The molecule has 4 rings (SSSR count). The first-order valence-electron chi connectivity index (χ1n) is 7.77. The highest BCUT2D eigenvalue weighted by atomic mass is 14.6. The normalized spacial score (nSPS) is 56.1. The van der Waals surface area contributed by atoms with Gasteiger partial charge in [0.15, 0.2) is 0 Å². The molecule has 0 aromatic rings. The van der Waals surface area contributed by atoms with Gasteiger partial charge in [-0.25, -0.2) is 0 Å². The molecule has 4 aliphatic carbocycles. The molecule has 4 saturated carbocycles. The zero-order chi connectivity index (χ0) is 10.8. The minimum atomic E-state index is 0.833. The number of hydrogen-bond donors (Lipinski definition) is 0. The van der Waals surface area contributed by atoms with E-state index in [4.69, 9.17) is 0 Å². The van der Waals surface area contributed by atoms with Crippen molar-refractivity contribution < 1.29 is 0 Å². The Bertz CT molecular complexity index is 284. The van der Waals surface area contributed by atoms with Crippen LogP contribution in [0.15, 0.2) is 0 Å². The van der Waals surface area contributed by atoms with Crippen molar-refractivity contribution in [1.29, 1.82) is 0 Å². The van der Waals surface area contributed by atoms with Gasteiger partial charge in [-0.3, -0.25) is 0 Å². The van der Waals surface area contributed by atoms with E-state index < -0.39 is 0 Å². The average molecular weight is 218 g/mol. The van der Waals surface area contributed by atoms with Gasteiger partial charge >= 0.3 is 0 Å². The van der Waals surface area contributed by atoms with Crippen molar-refractivity contribution in [2.24, 2.45) is 35.0 Å². The quantitative estimate of drug-likeness (QED) is 0.633. The number of hydrogen-bond acceptors (Lipinski definition) is 0. The monoisotopic (exact) mass is 218 g/mol. The Kier molecular flexibility index (Phi) is 2.04. The molecule has 0 aliphatic heterocycles. The predicted octanol–water partition coefficient (Wildman–Crippen LogP) is 4.64. The maximum absolute atomic E-state index is 2.64. The second-order valence-corrected chi connectivity index (χ2v) is 7.64. The summed E-state index contributed by atoms with van der Waals surface area (Å²) in [4.78, 5) is 0. The molecule has 4 unspecified atom stereocenters. The smallest absolute Gasteiger partial charge is 0.0266 e. The van der Waals surface area contributed by atoms with E-state index in [9.17, 15) is 0 Å². The fourth-order valence-electron chi connectivity index (χ4n) is 6.24. The Morgan fingerprint density at radius 1 is 0.938 bits per heavy atom. The molecule has 0 saturated heterocycles. The van der Waals surface area contributed by atoms with Crippen LogP contribution in [0.3, 0.4) is 0 Å². The van der Waals surface area contributed by atoms with Gasteiger partial charge in [0.25, 0.3) is 0 Å². The fraction of sp³-hybridized carbons (Fsp3) is 1.00. The van der Waals surface area contributed by atoms with E-state index in [1.807, 2.05) is 0 Å². The Balaban J connectivity index is 1.55. The highest BCUT2D eigenvalue weighted by molar-refractivity contribution is 5.03. The number of fused-ring (bicyclic) bond motifs is 4. The molecule has 4 fully saturated rings. The summed E-state index contributed by atoms with van der Waals surface area (Å²) in [5, 5.41) is 0. The summed E-state index contributed by atoms with van der Waals surface area (Å²) in [6.45, 7) is 2.64. The van der Waals surface area contributed by atoms with Crippen molar-refractivity contribution in [1.82, 2.24) is 0 Å². The predicted molar refractivity (Wildman–Crippen MR) is 67.1 cm³/mol. The maximum Gasteiger partial charge on any atom is -0.0266 e. The lowest BCUT2D eigenvalue weighted by atomic mass is 9.64. The van der Waals surface area contributed by atoms with E-state index >= 15 is 0 Å². The van der Waals surface area contributed by atoms with Crippen molar-refractivity contribution in [3.8, 4) is 0 Å². The molecule has 0 amide bonds. The van der Waals surface area contributed by atoms with Gasteiger partial charge in [-0.1, -0.05) is 13.3 Å². The van der Waals surface area contributed by atoms with Crippen LogP contribution in [-0.4, -0.2) is 0 Å². The summed E-state index contributed by atoms with van der Waals surface area (Å²) < 4.78 is 0. The first-order valence-corrected chi connectivity index (χ1v) is 7.77. The Morgan fingerprint density at radius 2 is 1.75 bits per heavy atom. The van der Waals surface area contributed by atoms with Crippen molar-refractivity contribution in [3.05, 3.63) is 0 Å². The van der Waals surface area contributed by atoms with Gasteiger partial charge in [0.2, 0.25) is 0 Å². The molecule has 0 aromatic carbocycles. The molecular formula is C16H26. The van der Waals surface area contributed by atoms with Gasteiger partial charge in [0.05, 0.1) is 0 Å². The van der Waals surface area contributed by atoms with E-state index in [1.54, 1.807) is 57.8 Å². The topological polar surface area (TPSA) is 0 Å². The van der Waals surface area contributed by atoms with Crippen molar-refractivity contribution in [3.63, 3.8) is 0 Å². The van der Waals surface area contributed by atoms with Crippen LogP contribution in [0.5, 0.6) is 0 Å². The molecule has 0 heterocycles. The highest BCUT2D eigenvalue weighted by Gasteiger charge is 2.53. The molecule has 16 heavy (non-hydrogen) atoms. The molecule has 0 heteroatoms. The third-order valence-corrected chi connectivity index (χ3v) is 7.20. The van der Waals surface area contributed by atoms with Crippen molar-refractivity contribution >= 4 is 0 Å². The molecule has 0 aromatic heterocycles. The molecule has 4 aliphatic rings. The van der Waals surface area contributed by atoms with E-state index in [2.05, 4.69) is 6.92 Å². The lowest BCUT2D eigenvalue weighted by Gasteiger charge is -2.40. The molecule has 4 bridgehead atoms. The van der Waals surface area contributed by atoms with Crippen LogP contribution in [0.1, 0.15) is 64.7 Å². The second kappa shape index (κ2) is 3.27. The summed E-state index contributed by atoms with van der Waals surface area (Å²) in [7, 11) is 0. The minimum Gasteiger partial charge on any atom is -0.0617 e. The van der Waals surface area contributed by atoms with E-state index in [0.717, 1.165) is 35.0 Å². The fourth-order valence-corrected chi connectivity index (χ4v) is 6.24. The molecule has 0 N–H and O–H groups in total. The van der Waals surface area contributed by atoms with Crippen LogP contribution in [0.4, 0.5) is 0 Å². The summed E-state index contributed by atoms with van der Waals surface area (Å²) in [5.41, 5.74) is 0.833. The van der Waals surface area contributed by atoms with Gasteiger partial charge in [-0.2, -0.15) is 0 Å². The molecule has 4 atom stereocenters. The first-order chi connectivity index (χ1) is 7.77. The maximum atomic E-state index is 2.64. The highest BCUT2D eigenvalue weighted by Crippen LogP contribution is 2.63. The van der Waals surface area contributed by atoms with Crippen LogP contribution in [0, 0.1) is 35.0 Å². The van der Waals surface area contributed by atoms with Crippen LogP contribution in [-0.2, 0) is 0 Å². The van der Waals surface area contributed by atoms with Gasteiger partial charge in [0.1, 0.15) is 0 Å². The molecule has 90 valence electrons. The Hall–Kier alpha value is 0. The summed E-state index contributed by atoms with van der Waals surface area (Å²) in [6.07, 6.45) is 14.3. The molecular weight excluding hydrogens is 192 g/mol. The standard InChI is InChI=1S/C16H26/c1-11(15-9-13-2-3-14(15)8-13)16-6-4-12(10-16)5-7-16/h11-15H,2-10H2,1H3. The first kappa shape index (κ1) is 9.97. The zero-order valence-corrected chi connectivity index (χ0v) is 10.8. The van der Waals surface area contributed by atoms with Crippen LogP contribution in [0.2, 0.25) is 0 Å². The summed E-state index contributed by atoms with van der Waals surface area (Å²) >= 11 is 0. The van der Waals surface area contributed by atoms with E-state index in [0.29, 0.717) is 0 Å². The van der Waals surface area contributed by atoms with Crippen LogP contribution < -0.4 is 0 Å². The Morgan fingerprint density at radius 3 is 2.25 bits per heavy atom. The van der Waals surface area contributed by atoms with Crippen molar-refractivity contribution in [2.75, 3.05) is 0 Å². The van der Waals surface area contributed by atoms with Crippen molar-refractivity contribution in [2.45, 2.75) is 64.7 Å². The zero-order valence-electron chi connectivity index (χ0n) is 10.8. The summed E-state index contributed by atoms with van der Waals surface area (Å²) in [5.74, 6) is 5.63. The average Bonchev–Trinajstić information content (AvgIpc) is 3.07. The summed E-state index contributed by atoms with van der Waals surface area (Å²) in [6, 6.07) is 0. The molecule has 0 spiro atoms. The molecule has 0 nitrogen and oxygen atoms in total. The van der Waals surface area contributed by atoms with Crippen LogP contribution >= 0.6 is 0 Å². The van der Waals surface area contributed by atoms with Gasteiger partial charge in [-0.15, -0.1) is 0 Å². The van der Waals surface area contributed by atoms with Gasteiger partial charge in [0, 0.05) is 0 Å². The number of rotatable bonds is 2. The van der Waals surface area contributed by atoms with E-state index in [-0.39, 0.29) is 0 Å². The second-order valence-electron chi connectivity index (χ2n) is 7.64. The third-order valence-electron chi connectivity index (χ3n) is 7.20. The van der Waals surface area contributed by atoms with Gasteiger partial charge < -0.3 is 0 Å². The SMILES string of the molecule is CC(C1CC2CCC1C2)C12CCC(CC1)C2. The van der Waals surface area contributed by atoms with E-state index in [1.165, 1.54) is 0 Å². The third kappa shape index (κ3) is 1.22.